The van der Waals surface area contributed by atoms with E-state index in [2.05, 4.69) is 20.4 Å². The number of nitrogens with zero attached hydrogens (tertiary/aromatic N) is 4. The fourth-order valence-corrected chi connectivity index (χ4v) is 4.96. The number of carbonyl (C=O) groups excluding carboxylic acids is 2. The number of amides is 2. The fraction of sp³-hybridized carbons (Fsp3) is 0.304. The number of benzene rings is 1. The molecule has 4 heterocycles. The first-order valence-electron chi connectivity index (χ1n) is 10.7. The molecule has 32 heavy (non-hydrogen) atoms. The summed E-state index contributed by atoms with van der Waals surface area (Å²) in [6.45, 7) is 1.26. The summed E-state index contributed by atoms with van der Waals surface area (Å²) in [5.41, 5.74) is 2.04. The summed E-state index contributed by atoms with van der Waals surface area (Å²) in [5.74, 6) is -0.257. The number of rotatable bonds is 6. The van der Waals surface area contributed by atoms with Gasteiger partial charge in [-0.3, -0.25) is 9.59 Å². The van der Waals surface area contributed by atoms with Crippen LogP contribution in [0.1, 0.15) is 34.1 Å². The molecule has 1 unspecified atom stereocenters. The summed E-state index contributed by atoms with van der Waals surface area (Å²) in [7, 11) is 0. The van der Waals surface area contributed by atoms with E-state index in [4.69, 9.17) is 0 Å². The van der Waals surface area contributed by atoms with Crippen molar-refractivity contribution in [1.82, 2.24) is 30.0 Å². The van der Waals surface area contributed by atoms with E-state index in [-0.39, 0.29) is 17.9 Å². The Bertz CT molecular complexity index is 1190. The minimum atomic E-state index is -0.633. The molecule has 0 saturated carbocycles. The molecule has 8 nitrogen and oxygen atoms in total. The van der Waals surface area contributed by atoms with Crippen molar-refractivity contribution >= 4 is 34.1 Å². The van der Waals surface area contributed by atoms with Gasteiger partial charge in [-0.25, -0.2) is 9.67 Å². The number of H-pyrrole nitrogens is 1. The van der Waals surface area contributed by atoms with Gasteiger partial charge in [-0.2, -0.15) is 5.10 Å². The number of piperidine rings is 1. The molecule has 9 heteroatoms. The van der Waals surface area contributed by atoms with Gasteiger partial charge < -0.3 is 15.2 Å². The molecule has 0 bridgehead atoms. The highest BCUT2D eigenvalue weighted by atomic mass is 32.1. The summed E-state index contributed by atoms with van der Waals surface area (Å²) >= 11 is 1.37. The molecule has 5 rings (SSSR count). The van der Waals surface area contributed by atoms with Gasteiger partial charge in [0.05, 0.1) is 10.9 Å². The third kappa shape index (κ3) is 4.16. The molecule has 1 atom stereocenters. The van der Waals surface area contributed by atoms with E-state index in [0.29, 0.717) is 24.4 Å². The number of para-hydroxylation sites is 1. The maximum Gasteiger partial charge on any atom is 0.262 e. The van der Waals surface area contributed by atoms with E-state index in [0.717, 1.165) is 29.3 Å². The van der Waals surface area contributed by atoms with Crippen LogP contribution in [0.2, 0.25) is 0 Å². The standard InChI is InChI=1S/C23H24N6O2S/c30-22(21-6-3-11-32-21)27-20(12-16-13-25-19-5-2-1-4-18(16)19)23(31)28-9-7-17(8-10-28)29-15-24-14-26-29/h1-6,11,13-15,17,20,25H,7-10,12H2,(H,27,30). The van der Waals surface area contributed by atoms with Crippen LogP contribution in [0.3, 0.4) is 0 Å². The normalized spacial score (nSPS) is 15.7. The number of carbonyl (C=O) groups is 2. The van der Waals surface area contributed by atoms with Crippen LogP contribution >= 0.6 is 11.3 Å². The van der Waals surface area contributed by atoms with Crippen LogP contribution in [0.5, 0.6) is 0 Å². The van der Waals surface area contributed by atoms with Crippen molar-refractivity contribution in [3.05, 3.63) is 71.1 Å². The first-order chi connectivity index (χ1) is 15.7. The second-order valence-electron chi connectivity index (χ2n) is 8.00. The molecule has 1 aliphatic heterocycles. The average Bonchev–Trinajstić information content (AvgIpc) is 3.61. The van der Waals surface area contributed by atoms with Gasteiger partial charge >= 0.3 is 0 Å². The first-order valence-corrected chi connectivity index (χ1v) is 11.6. The van der Waals surface area contributed by atoms with E-state index >= 15 is 0 Å². The summed E-state index contributed by atoms with van der Waals surface area (Å²) in [5, 5.41) is 10.2. The summed E-state index contributed by atoms with van der Waals surface area (Å²) in [6, 6.07) is 11.2. The van der Waals surface area contributed by atoms with E-state index < -0.39 is 6.04 Å². The van der Waals surface area contributed by atoms with Crippen molar-refractivity contribution < 1.29 is 9.59 Å². The molecular formula is C23H24N6O2S. The van der Waals surface area contributed by atoms with Crippen molar-refractivity contribution in [3.63, 3.8) is 0 Å². The highest BCUT2D eigenvalue weighted by molar-refractivity contribution is 7.12. The van der Waals surface area contributed by atoms with Gasteiger partial charge in [-0.15, -0.1) is 11.3 Å². The minimum absolute atomic E-state index is 0.0442. The van der Waals surface area contributed by atoms with Gasteiger partial charge in [0.2, 0.25) is 5.91 Å². The maximum atomic E-state index is 13.5. The quantitative estimate of drug-likeness (QED) is 0.474. The van der Waals surface area contributed by atoms with Crippen molar-refractivity contribution in [3.8, 4) is 0 Å². The summed E-state index contributed by atoms with van der Waals surface area (Å²) in [4.78, 5) is 36.1. The number of hydrogen-bond donors (Lipinski definition) is 2. The molecule has 1 saturated heterocycles. The molecule has 0 radical (unpaired) electrons. The molecule has 0 spiro atoms. The van der Waals surface area contributed by atoms with Gasteiger partial charge in [0.15, 0.2) is 0 Å². The second kappa shape index (κ2) is 8.96. The molecule has 1 fully saturated rings. The fourth-order valence-electron chi connectivity index (χ4n) is 4.33. The number of hydrogen-bond acceptors (Lipinski definition) is 5. The van der Waals surface area contributed by atoms with Crippen LogP contribution < -0.4 is 5.32 Å². The number of aromatic nitrogens is 4. The summed E-state index contributed by atoms with van der Waals surface area (Å²) < 4.78 is 1.86. The van der Waals surface area contributed by atoms with Crippen LogP contribution in [0.4, 0.5) is 0 Å². The molecular weight excluding hydrogens is 424 g/mol. The lowest BCUT2D eigenvalue weighted by molar-refractivity contribution is -0.134. The molecule has 1 aromatic carbocycles. The van der Waals surface area contributed by atoms with Gasteiger partial charge in [0, 0.05) is 36.6 Å². The number of likely N-dealkylation sites (tertiary alicyclic amines) is 1. The second-order valence-corrected chi connectivity index (χ2v) is 8.95. The Morgan fingerprint density at radius 1 is 1.19 bits per heavy atom. The molecule has 4 aromatic rings. The lowest BCUT2D eigenvalue weighted by atomic mass is 10.0. The van der Waals surface area contributed by atoms with Gasteiger partial charge in [-0.05, 0) is 35.9 Å². The highest BCUT2D eigenvalue weighted by Crippen LogP contribution is 2.24. The molecule has 1 aliphatic rings. The molecule has 3 aromatic heterocycles. The van der Waals surface area contributed by atoms with Gasteiger partial charge in [0.1, 0.15) is 18.7 Å². The number of aromatic amines is 1. The highest BCUT2D eigenvalue weighted by Gasteiger charge is 2.31. The molecule has 2 N–H and O–H groups in total. The van der Waals surface area contributed by atoms with Gasteiger partial charge in [0.25, 0.3) is 5.91 Å². The SMILES string of the molecule is O=C(NC(Cc1c[nH]c2ccccc12)C(=O)N1CCC(n2cncn2)CC1)c1cccs1. The smallest absolute Gasteiger partial charge is 0.262 e. The largest absolute Gasteiger partial charge is 0.361 e. The van der Waals surface area contributed by atoms with Crippen molar-refractivity contribution in [2.45, 2.75) is 31.3 Å². The Hall–Kier alpha value is -3.46. The predicted molar refractivity (Wildman–Crippen MR) is 122 cm³/mol. The first kappa shape index (κ1) is 20.4. The Balaban J connectivity index is 1.34. The van der Waals surface area contributed by atoms with E-state index in [1.807, 2.05) is 51.5 Å². The maximum absolute atomic E-state index is 13.5. The van der Waals surface area contributed by atoms with E-state index in [1.54, 1.807) is 12.4 Å². The summed E-state index contributed by atoms with van der Waals surface area (Å²) in [6.07, 6.45) is 7.25. The number of fused-ring (bicyclic) bond motifs is 1. The third-order valence-electron chi connectivity index (χ3n) is 6.03. The van der Waals surface area contributed by atoms with Crippen LogP contribution in [0, 0.1) is 0 Å². The Labute approximate surface area is 189 Å². The van der Waals surface area contributed by atoms with Crippen molar-refractivity contribution in [2.24, 2.45) is 0 Å². The Kier molecular flexibility index (Phi) is 5.72. The topological polar surface area (TPSA) is 95.9 Å². The van der Waals surface area contributed by atoms with E-state index in [9.17, 15) is 9.59 Å². The monoisotopic (exact) mass is 448 g/mol. The average molecular weight is 449 g/mol. The van der Waals surface area contributed by atoms with Crippen molar-refractivity contribution in [2.75, 3.05) is 13.1 Å². The Morgan fingerprint density at radius 2 is 2.03 bits per heavy atom. The number of thiophene rings is 1. The Morgan fingerprint density at radius 3 is 2.78 bits per heavy atom. The van der Waals surface area contributed by atoms with Crippen LogP contribution in [0.25, 0.3) is 10.9 Å². The third-order valence-corrected chi connectivity index (χ3v) is 6.90. The molecule has 0 aliphatic carbocycles. The molecule has 164 valence electrons. The minimum Gasteiger partial charge on any atom is -0.361 e. The lowest BCUT2D eigenvalue weighted by Gasteiger charge is -2.34. The van der Waals surface area contributed by atoms with E-state index in [1.165, 1.54) is 17.7 Å². The van der Waals surface area contributed by atoms with Crippen LogP contribution in [0.15, 0.2) is 60.6 Å². The zero-order valence-corrected chi connectivity index (χ0v) is 18.3. The number of nitrogens with one attached hydrogen (secondary N) is 2. The lowest BCUT2D eigenvalue weighted by Crippen LogP contribution is -2.51. The van der Waals surface area contributed by atoms with Crippen LogP contribution in [-0.4, -0.2) is 55.6 Å². The predicted octanol–water partition coefficient (Wildman–Crippen LogP) is 3.03. The zero-order chi connectivity index (χ0) is 21.9. The van der Waals surface area contributed by atoms with Crippen LogP contribution in [-0.2, 0) is 11.2 Å². The molecule has 2 amide bonds. The van der Waals surface area contributed by atoms with Crippen molar-refractivity contribution in [1.29, 1.82) is 0 Å². The zero-order valence-electron chi connectivity index (χ0n) is 17.5. The van der Waals surface area contributed by atoms with Gasteiger partial charge in [-0.1, -0.05) is 24.3 Å².